The Morgan fingerprint density at radius 2 is 2.33 bits per heavy atom. The number of hydrogen-bond donors (Lipinski definition) is 1. The van der Waals surface area contributed by atoms with Gasteiger partial charge in [-0.1, -0.05) is 0 Å². The van der Waals surface area contributed by atoms with E-state index in [0.29, 0.717) is 11.6 Å². The van der Waals surface area contributed by atoms with Gasteiger partial charge in [0.2, 0.25) is 0 Å². The zero-order valence-electron chi connectivity index (χ0n) is 10.6. The Labute approximate surface area is 106 Å². The minimum absolute atomic E-state index is 0.280. The first-order valence-corrected chi connectivity index (χ1v) is 5.95. The minimum Gasteiger partial charge on any atom is -0.378 e. The summed E-state index contributed by atoms with van der Waals surface area (Å²) in [6, 6.07) is 5.30. The van der Waals surface area contributed by atoms with Gasteiger partial charge in [-0.05, 0) is 30.9 Å². The summed E-state index contributed by atoms with van der Waals surface area (Å²) < 4.78 is 0. The van der Waals surface area contributed by atoms with Gasteiger partial charge in [0, 0.05) is 26.0 Å². The number of anilines is 1. The Kier molecular flexibility index (Phi) is 3.47. The number of pyridine rings is 1. The van der Waals surface area contributed by atoms with E-state index in [-0.39, 0.29) is 11.9 Å². The van der Waals surface area contributed by atoms with Crippen molar-refractivity contribution in [3.05, 3.63) is 24.0 Å². The normalized spacial score (nSPS) is 15.6. The summed E-state index contributed by atoms with van der Waals surface area (Å²) in [6.07, 6.45) is 3.64. The number of nitriles is 1. The predicted molar refractivity (Wildman–Crippen MR) is 68.2 cm³/mol. The number of nitrogens with one attached hydrogen (secondary N) is 1. The fraction of sp³-hybridized carbons (Fsp3) is 0.462. The van der Waals surface area contributed by atoms with Crippen LogP contribution in [0.2, 0.25) is 0 Å². The lowest BCUT2D eigenvalue weighted by Crippen LogP contribution is -2.35. The highest BCUT2D eigenvalue weighted by Crippen LogP contribution is 2.32. The quantitative estimate of drug-likeness (QED) is 0.863. The van der Waals surface area contributed by atoms with Crippen molar-refractivity contribution in [2.75, 3.05) is 19.0 Å². The van der Waals surface area contributed by atoms with Crippen molar-refractivity contribution < 1.29 is 4.79 Å². The van der Waals surface area contributed by atoms with Crippen LogP contribution in [0.3, 0.4) is 0 Å². The van der Waals surface area contributed by atoms with Crippen molar-refractivity contribution in [1.29, 1.82) is 5.26 Å². The Morgan fingerprint density at radius 1 is 1.61 bits per heavy atom. The molecule has 0 bridgehead atoms. The van der Waals surface area contributed by atoms with Gasteiger partial charge in [-0.25, -0.2) is 0 Å². The van der Waals surface area contributed by atoms with Gasteiger partial charge in [0.25, 0.3) is 5.91 Å². The number of rotatable bonds is 4. The summed E-state index contributed by atoms with van der Waals surface area (Å²) in [4.78, 5) is 17.9. The third kappa shape index (κ3) is 2.77. The summed E-state index contributed by atoms with van der Waals surface area (Å²) in [5.41, 5.74) is 1.26. The van der Waals surface area contributed by atoms with Gasteiger partial charge in [-0.2, -0.15) is 5.26 Å². The number of amides is 1. The minimum atomic E-state index is -0.387. The molecule has 1 aliphatic rings. The van der Waals surface area contributed by atoms with Crippen molar-refractivity contribution in [2.45, 2.75) is 18.9 Å². The van der Waals surface area contributed by atoms with Gasteiger partial charge in [0.05, 0.1) is 6.07 Å². The third-order valence-electron chi connectivity index (χ3n) is 3.01. The van der Waals surface area contributed by atoms with Crippen LogP contribution in [0.25, 0.3) is 0 Å². The van der Waals surface area contributed by atoms with Crippen molar-refractivity contribution in [1.82, 2.24) is 10.3 Å². The van der Waals surface area contributed by atoms with Crippen molar-refractivity contribution in [3.63, 3.8) is 0 Å². The lowest BCUT2D eigenvalue weighted by atomic mass is 10.2. The molecular formula is C13H16N4O. The molecular weight excluding hydrogens is 228 g/mol. The monoisotopic (exact) mass is 244 g/mol. The molecule has 0 aliphatic heterocycles. The summed E-state index contributed by atoms with van der Waals surface area (Å²) in [6.45, 7) is 0. The van der Waals surface area contributed by atoms with Crippen LogP contribution in [0.1, 0.15) is 23.3 Å². The fourth-order valence-electron chi connectivity index (χ4n) is 1.72. The summed E-state index contributed by atoms with van der Waals surface area (Å²) >= 11 is 0. The number of hydrogen-bond acceptors (Lipinski definition) is 4. The first kappa shape index (κ1) is 12.4. The van der Waals surface area contributed by atoms with E-state index in [9.17, 15) is 4.79 Å². The molecule has 1 atom stereocenters. The number of aromatic nitrogens is 1. The fourth-order valence-corrected chi connectivity index (χ4v) is 1.72. The van der Waals surface area contributed by atoms with Gasteiger partial charge in [-0.3, -0.25) is 9.78 Å². The van der Waals surface area contributed by atoms with Crippen molar-refractivity contribution >= 4 is 11.6 Å². The molecule has 0 spiro atoms. The number of nitrogens with zero attached hydrogens (tertiary/aromatic N) is 3. The van der Waals surface area contributed by atoms with Crippen LogP contribution in [-0.4, -0.2) is 31.0 Å². The first-order valence-electron chi connectivity index (χ1n) is 5.95. The highest BCUT2D eigenvalue weighted by atomic mass is 16.1. The van der Waals surface area contributed by atoms with Gasteiger partial charge >= 0.3 is 0 Å². The second-order valence-corrected chi connectivity index (χ2v) is 4.71. The molecule has 1 aromatic heterocycles. The smallest absolute Gasteiger partial charge is 0.270 e. The third-order valence-corrected chi connectivity index (χ3v) is 3.01. The van der Waals surface area contributed by atoms with Crippen molar-refractivity contribution in [3.8, 4) is 6.07 Å². The van der Waals surface area contributed by atoms with Gasteiger partial charge in [0.15, 0.2) is 0 Å². The van der Waals surface area contributed by atoms with E-state index in [1.807, 2.05) is 25.1 Å². The van der Waals surface area contributed by atoms with E-state index in [2.05, 4.69) is 16.4 Å². The zero-order valence-corrected chi connectivity index (χ0v) is 10.6. The van der Waals surface area contributed by atoms with Crippen LogP contribution >= 0.6 is 0 Å². The molecule has 1 N–H and O–H groups in total. The molecule has 1 amide bonds. The molecule has 1 fully saturated rings. The molecule has 94 valence electrons. The average molecular weight is 244 g/mol. The van der Waals surface area contributed by atoms with Crippen LogP contribution in [-0.2, 0) is 0 Å². The topological polar surface area (TPSA) is 69.0 Å². The molecule has 1 saturated carbocycles. The first-order chi connectivity index (χ1) is 8.61. The molecule has 2 rings (SSSR count). The van der Waals surface area contributed by atoms with Crippen LogP contribution in [0.15, 0.2) is 18.3 Å². The standard InChI is InChI=1S/C13H16N4O/c1-17(2)10-5-6-15-11(7-10)13(18)16-12(8-14)9-3-4-9/h5-7,9,12H,3-4H2,1-2H3,(H,16,18). The Balaban J connectivity index is 2.08. The lowest BCUT2D eigenvalue weighted by molar-refractivity contribution is 0.0937. The zero-order chi connectivity index (χ0) is 13.1. The highest BCUT2D eigenvalue weighted by Gasteiger charge is 2.32. The van der Waals surface area contributed by atoms with E-state index < -0.39 is 0 Å². The van der Waals surface area contributed by atoms with E-state index in [1.165, 1.54) is 0 Å². The van der Waals surface area contributed by atoms with Crippen LogP contribution < -0.4 is 10.2 Å². The van der Waals surface area contributed by atoms with E-state index in [0.717, 1.165) is 18.5 Å². The Hall–Kier alpha value is -2.09. The second-order valence-electron chi connectivity index (χ2n) is 4.71. The summed E-state index contributed by atoms with van der Waals surface area (Å²) in [5, 5.41) is 11.7. The molecule has 0 radical (unpaired) electrons. The molecule has 1 aromatic rings. The maximum Gasteiger partial charge on any atom is 0.270 e. The Bertz CT molecular complexity index is 488. The SMILES string of the molecule is CN(C)c1ccnc(C(=O)NC(C#N)C2CC2)c1. The van der Waals surface area contributed by atoms with E-state index in [4.69, 9.17) is 5.26 Å². The summed E-state index contributed by atoms with van der Waals surface area (Å²) in [5.74, 6) is 0.0353. The number of carbonyl (C=O) groups is 1. The highest BCUT2D eigenvalue weighted by molar-refractivity contribution is 5.93. The van der Waals surface area contributed by atoms with Crippen LogP contribution in [0.5, 0.6) is 0 Å². The predicted octanol–water partition coefficient (Wildman–Crippen LogP) is 1.18. The van der Waals surface area contributed by atoms with Crippen molar-refractivity contribution in [2.24, 2.45) is 5.92 Å². The van der Waals surface area contributed by atoms with Crippen LogP contribution in [0, 0.1) is 17.2 Å². The molecule has 18 heavy (non-hydrogen) atoms. The van der Waals surface area contributed by atoms with E-state index >= 15 is 0 Å². The second kappa shape index (κ2) is 5.05. The maximum absolute atomic E-state index is 12.0. The van der Waals surface area contributed by atoms with Gasteiger partial charge in [0.1, 0.15) is 11.7 Å². The largest absolute Gasteiger partial charge is 0.378 e. The lowest BCUT2D eigenvalue weighted by Gasteiger charge is -2.14. The van der Waals surface area contributed by atoms with E-state index in [1.54, 1.807) is 12.3 Å². The molecule has 0 saturated heterocycles. The molecule has 1 aliphatic carbocycles. The maximum atomic E-state index is 12.0. The molecule has 5 heteroatoms. The van der Waals surface area contributed by atoms with Gasteiger partial charge in [-0.15, -0.1) is 0 Å². The van der Waals surface area contributed by atoms with Crippen LogP contribution in [0.4, 0.5) is 5.69 Å². The average Bonchev–Trinajstić information content (AvgIpc) is 3.20. The molecule has 1 unspecified atom stereocenters. The molecule has 0 aromatic carbocycles. The summed E-state index contributed by atoms with van der Waals surface area (Å²) in [7, 11) is 3.80. The molecule has 1 heterocycles. The molecule has 5 nitrogen and oxygen atoms in total. The number of carbonyl (C=O) groups excluding carboxylic acids is 1. The van der Waals surface area contributed by atoms with Gasteiger partial charge < -0.3 is 10.2 Å². The Morgan fingerprint density at radius 3 is 2.89 bits per heavy atom.